The zero-order chi connectivity index (χ0) is 21.0. The molecule has 0 amide bonds. The Bertz CT molecular complexity index is 1170. The quantitative estimate of drug-likeness (QED) is 0.445. The molecular formula is C22H23N3O3S. The molecule has 1 N–H and O–H groups in total. The summed E-state index contributed by atoms with van der Waals surface area (Å²) in [5, 5.41) is 10.2. The third kappa shape index (κ3) is 4.33. The van der Waals surface area contributed by atoms with Gasteiger partial charge in [-0.25, -0.2) is 4.98 Å². The van der Waals surface area contributed by atoms with E-state index >= 15 is 0 Å². The number of benzene rings is 1. The van der Waals surface area contributed by atoms with E-state index < -0.39 is 0 Å². The number of methoxy groups -OCH3 is 1. The van der Waals surface area contributed by atoms with E-state index in [0.717, 1.165) is 28.8 Å². The van der Waals surface area contributed by atoms with E-state index in [-0.39, 0.29) is 17.0 Å². The van der Waals surface area contributed by atoms with Crippen molar-refractivity contribution in [3.8, 4) is 17.6 Å². The lowest BCUT2D eigenvalue weighted by atomic mass is 10.1. The Morgan fingerprint density at radius 3 is 2.83 bits per heavy atom. The molecule has 0 unspecified atom stereocenters. The second-order valence-electron chi connectivity index (χ2n) is 6.66. The number of hydrogen-bond acceptors (Lipinski definition) is 6. The van der Waals surface area contributed by atoms with Gasteiger partial charge in [-0.1, -0.05) is 19.4 Å². The van der Waals surface area contributed by atoms with Crippen LogP contribution in [0.1, 0.15) is 41.6 Å². The molecule has 0 radical (unpaired) electrons. The minimum atomic E-state index is -0.231. The van der Waals surface area contributed by atoms with Crippen LogP contribution in [0, 0.1) is 25.2 Å². The number of aryl methyl sites for hydroxylation is 2. The molecule has 0 spiro atoms. The topological polar surface area (TPSA) is 88.0 Å². The Morgan fingerprint density at radius 1 is 1.34 bits per heavy atom. The SMILES string of the molecule is CCCCOc1ccc(/C=C(\C#N)c2nc3sc(C)c(C)c3c(=O)[nH]2)cc1OC. The molecule has 0 atom stereocenters. The molecule has 0 saturated heterocycles. The Balaban J connectivity index is 1.99. The number of rotatable bonds is 7. The number of allylic oxidation sites excluding steroid dienone is 1. The van der Waals surface area contributed by atoms with E-state index in [4.69, 9.17) is 9.47 Å². The van der Waals surface area contributed by atoms with E-state index in [1.165, 1.54) is 11.3 Å². The smallest absolute Gasteiger partial charge is 0.260 e. The molecule has 7 heteroatoms. The van der Waals surface area contributed by atoms with Crippen LogP contribution in [-0.2, 0) is 0 Å². The molecule has 2 heterocycles. The average molecular weight is 410 g/mol. The number of H-pyrrole nitrogens is 1. The maximum absolute atomic E-state index is 12.5. The van der Waals surface area contributed by atoms with Crippen LogP contribution in [0.5, 0.6) is 11.5 Å². The molecule has 0 aliphatic carbocycles. The summed E-state index contributed by atoms with van der Waals surface area (Å²) in [5.74, 6) is 1.51. The number of unbranched alkanes of at least 4 members (excludes halogenated alkanes) is 1. The van der Waals surface area contributed by atoms with Crippen molar-refractivity contribution in [2.24, 2.45) is 0 Å². The summed E-state index contributed by atoms with van der Waals surface area (Å²) in [4.78, 5) is 21.4. The fourth-order valence-corrected chi connectivity index (χ4v) is 3.95. The molecule has 0 fully saturated rings. The van der Waals surface area contributed by atoms with E-state index in [1.807, 2.05) is 26.0 Å². The first-order chi connectivity index (χ1) is 14.0. The van der Waals surface area contributed by atoms with Crippen LogP contribution >= 0.6 is 11.3 Å². The van der Waals surface area contributed by atoms with Crippen LogP contribution in [0.15, 0.2) is 23.0 Å². The predicted octanol–water partition coefficient (Wildman–Crippen LogP) is 4.85. The molecule has 150 valence electrons. The van der Waals surface area contributed by atoms with Crippen molar-refractivity contribution >= 4 is 33.2 Å². The fraction of sp³-hybridized carbons (Fsp3) is 0.318. The normalized spacial score (nSPS) is 11.5. The summed E-state index contributed by atoms with van der Waals surface area (Å²) in [7, 11) is 1.58. The molecule has 0 aliphatic heterocycles. The van der Waals surface area contributed by atoms with Crippen LogP contribution in [0.3, 0.4) is 0 Å². The number of thiophene rings is 1. The third-order valence-electron chi connectivity index (χ3n) is 4.67. The number of aromatic nitrogens is 2. The fourth-order valence-electron chi connectivity index (χ4n) is 2.92. The van der Waals surface area contributed by atoms with Gasteiger partial charge in [0.15, 0.2) is 17.3 Å². The van der Waals surface area contributed by atoms with E-state index in [0.29, 0.717) is 28.3 Å². The molecule has 29 heavy (non-hydrogen) atoms. The van der Waals surface area contributed by atoms with Gasteiger partial charge >= 0.3 is 0 Å². The van der Waals surface area contributed by atoms with Crippen molar-refractivity contribution < 1.29 is 9.47 Å². The predicted molar refractivity (Wildman–Crippen MR) is 117 cm³/mol. The summed E-state index contributed by atoms with van der Waals surface area (Å²) in [5.41, 5.74) is 1.72. The maximum atomic E-state index is 12.5. The Kier molecular flexibility index (Phi) is 6.35. The minimum Gasteiger partial charge on any atom is -0.493 e. The number of nitriles is 1. The largest absolute Gasteiger partial charge is 0.493 e. The molecule has 3 rings (SSSR count). The number of aromatic amines is 1. The number of hydrogen-bond donors (Lipinski definition) is 1. The van der Waals surface area contributed by atoms with Crippen LogP contribution in [0.2, 0.25) is 0 Å². The second kappa shape index (κ2) is 8.93. The summed E-state index contributed by atoms with van der Waals surface area (Å²) >= 11 is 1.45. The van der Waals surface area contributed by atoms with Crippen LogP contribution in [0.25, 0.3) is 21.9 Å². The van der Waals surface area contributed by atoms with Crippen molar-refractivity contribution in [3.05, 3.63) is 50.4 Å². The first-order valence-electron chi connectivity index (χ1n) is 9.41. The van der Waals surface area contributed by atoms with E-state index in [2.05, 4.69) is 23.0 Å². The van der Waals surface area contributed by atoms with Gasteiger partial charge in [0.1, 0.15) is 10.9 Å². The summed E-state index contributed by atoms with van der Waals surface area (Å²) in [6.45, 7) is 6.59. The van der Waals surface area contributed by atoms with Gasteiger partial charge in [-0.05, 0) is 49.6 Å². The van der Waals surface area contributed by atoms with E-state index in [1.54, 1.807) is 19.3 Å². The first-order valence-corrected chi connectivity index (χ1v) is 10.2. The minimum absolute atomic E-state index is 0.231. The highest BCUT2D eigenvalue weighted by Crippen LogP contribution is 2.30. The zero-order valence-corrected chi connectivity index (χ0v) is 17.8. The molecule has 6 nitrogen and oxygen atoms in total. The molecule has 3 aromatic rings. The number of nitrogens with zero attached hydrogens (tertiary/aromatic N) is 2. The van der Waals surface area contributed by atoms with Gasteiger partial charge in [-0.2, -0.15) is 5.26 Å². The Labute approximate surface area is 173 Å². The highest BCUT2D eigenvalue weighted by molar-refractivity contribution is 7.18. The third-order valence-corrected chi connectivity index (χ3v) is 5.77. The number of fused-ring (bicyclic) bond motifs is 1. The van der Waals surface area contributed by atoms with Gasteiger partial charge < -0.3 is 14.5 Å². The Hall–Kier alpha value is -3.11. The lowest BCUT2D eigenvalue weighted by Crippen LogP contribution is -2.10. The van der Waals surface area contributed by atoms with Crippen LogP contribution in [-0.4, -0.2) is 23.7 Å². The van der Waals surface area contributed by atoms with Gasteiger partial charge in [0.2, 0.25) is 0 Å². The second-order valence-corrected chi connectivity index (χ2v) is 7.86. The van der Waals surface area contributed by atoms with Gasteiger partial charge in [0, 0.05) is 4.88 Å². The summed E-state index contributed by atoms with van der Waals surface area (Å²) in [6, 6.07) is 7.60. The van der Waals surface area contributed by atoms with Crippen molar-refractivity contribution in [3.63, 3.8) is 0 Å². The zero-order valence-electron chi connectivity index (χ0n) is 17.0. The summed E-state index contributed by atoms with van der Waals surface area (Å²) < 4.78 is 11.2. The molecular weight excluding hydrogens is 386 g/mol. The lowest BCUT2D eigenvalue weighted by Gasteiger charge is -2.11. The van der Waals surface area contributed by atoms with Crippen molar-refractivity contribution in [1.82, 2.24) is 9.97 Å². The lowest BCUT2D eigenvalue weighted by molar-refractivity contribution is 0.288. The van der Waals surface area contributed by atoms with Gasteiger partial charge in [-0.15, -0.1) is 11.3 Å². The molecule has 2 aromatic heterocycles. The summed E-state index contributed by atoms with van der Waals surface area (Å²) in [6.07, 6.45) is 3.69. The van der Waals surface area contributed by atoms with Crippen molar-refractivity contribution in [2.75, 3.05) is 13.7 Å². The van der Waals surface area contributed by atoms with E-state index in [9.17, 15) is 10.1 Å². The van der Waals surface area contributed by atoms with Crippen molar-refractivity contribution in [2.45, 2.75) is 33.6 Å². The first kappa shape index (κ1) is 20.6. The highest BCUT2D eigenvalue weighted by Gasteiger charge is 2.14. The molecule has 1 aromatic carbocycles. The molecule has 0 aliphatic rings. The van der Waals surface area contributed by atoms with Crippen LogP contribution < -0.4 is 15.0 Å². The Morgan fingerprint density at radius 2 is 2.14 bits per heavy atom. The molecule has 0 bridgehead atoms. The van der Waals surface area contributed by atoms with Gasteiger partial charge in [0.25, 0.3) is 5.56 Å². The van der Waals surface area contributed by atoms with Crippen LogP contribution in [0.4, 0.5) is 0 Å². The average Bonchev–Trinajstić information content (AvgIpc) is 3.01. The van der Waals surface area contributed by atoms with Gasteiger partial charge in [-0.3, -0.25) is 4.79 Å². The monoisotopic (exact) mass is 409 g/mol. The number of nitrogens with one attached hydrogen (secondary N) is 1. The van der Waals surface area contributed by atoms with Crippen molar-refractivity contribution in [1.29, 1.82) is 5.26 Å². The standard InChI is InChI=1S/C22H23N3O3S/c1-5-6-9-28-17-8-7-15(11-18(17)27-4)10-16(12-23)20-24-21(26)19-13(2)14(3)29-22(19)25-20/h7-8,10-11H,5-6,9H2,1-4H3,(H,24,25,26)/b16-10+. The maximum Gasteiger partial charge on any atom is 0.260 e. The molecule has 0 saturated carbocycles. The highest BCUT2D eigenvalue weighted by atomic mass is 32.1. The number of ether oxygens (including phenoxy) is 2. The van der Waals surface area contributed by atoms with Gasteiger partial charge in [0.05, 0.1) is 24.7 Å².